The first kappa shape index (κ1) is 28.2. The summed E-state index contributed by atoms with van der Waals surface area (Å²) in [6.07, 6.45) is 0. The lowest BCUT2D eigenvalue weighted by molar-refractivity contribution is 0.669. The molecule has 0 spiro atoms. The van der Waals surface area contributed by atoms with E-state index in [0.717, 1.165) is 82.8 Å². The van der Waals surface area contributed by atoms with Crippen molar-refractivity contribution in [2.75, 3.05) is 0 Å². The second kappa shape index (κ2) is 11.4. The molecular formula is C45H27N3O2. The van der Waals surface area contributed by atoms with Gasteiger partial charge in [-0.2, -0.15) is 0 Å². The number of nitrogens with zero attached hydrogens (tertiary/aromatic N) is 3. The number of para-hydroxylation sites is 2. The second-order valence-electron chi connectivity index (χ2n) is 12.4. The molecule has 10 aromatic rings. The summed E-state index contributed by atoms with van der Waals surface area (Å²) in [6, 6.07) is 55.6. The summed E-state index contributed by atoms with van der Waals surface area (Å²) in [6.45, 7) is 0. The van der Waals surface area contributed by atoms with E-state index in [1.54, 1.807) is 0 Å². The fraction of sp³-hybridized carbons (Fsp3) is 0. The average molecular weight is 642 g/mol. The van der Waals surface area contributed by atoms with Gasteiger partial charge >= 0.3 is 0 Å². The van der Waals surface area contributed by atoms with Crippen LogP contribution in [0.4, 0.5) is 0 Å². The molecule has 234 valence electrons. The fourth-order valence-corrected chi connectivity index (χ4v) is 6.95. The Labute approximate surface area is 287 Å². The second-order valence-corrected chi connectivity index (χ2v) is 12.4. The molecule has 0 saturated carbocycles. The molecule has 0 radical (unpaired) electrons. The third-order valence-corrected chi connectivity index (χ3v) is 9.33. The minimum Gasteiger partial charge on any atom is -0.456 e. The predicted octanol–water partition coefficient (Wildman–Crippen LogP) is 12.0. The summed E-state index contributed by atoms with van der Waals surface area (Å²) in [7, 11) is 0. The van der Waals surface area contributed by atoms with Crippen LogP contribution in [0.3, 0.4) is 0 Å². The number of hydrogen-bond donors (Lipinski definition) is 0. The van der Waals surface area contributed by atoms with Crippen LogP contribution in [0.5, 0.6) is 0 Å². The molecular weight excluding hydrogens is 615 g/mol. The summed E-state index contributed by atoms with van der Waals surface area (Å²) >= 11 is 0. The van der Waals surface area contributed by atoms with Gasteiger partial charge in [0.2, 0.25) is 0 Å². The van der Waals surface area contributed by atoms with E-state index in [1.165, 1.54) is 0 Å². The first-order valence-electron chi connectivity index (χ1n) is 16.6. The van der Waals surface area contributed by atoms with Gasteiger partial charge in [0, 0.05) is 43.8 Å². The van der Waals surface area contributed by atoms with Crippen LogP contribution in [0.2, 0.25) is 0 Å². The largest absolute Gasteiger partial charge is 0.456 e. The first-order valence-corrected chi connectivity index (χ1v) is 16.6. The molecule has 10 rings (SSSR count). The number of furan rings is 2. The van der Waals surface area contributed by atoms with Gasteiger partial charge in [0.15, 0.2) is 17.5 Å². The minimum absolute atomic E-state index is 0.561. The van der Waals surface area contributed by atoms with Crippen LogP contribution in [0.1, 0.15) is 0 Å². The molecule has 50 heavy (non-hydrogen) atoms. The zero-order valence-electron chi connectivity index (χ0n) is 26.7. The highest BCUT2D eigenvalue weighted by atomic mass is 16.3. The van der Waals surface area contributed by atoms with E-state index in [-0.39, 0.29) is 0 Å². The molecule has 0 N–H and O–H groups in total. The quantitative estimate of drug-likeness (QED) is 0.187. The molecule has 0 fully saturated rings. The molecule has 0 bridgehead atoms. The molecule has 0 unspecified atom stereocenters. The Bertz CT molecular complexity index is 2800. The number of hydrogen-bond acceptors (Lipinski definition) is 5. The van der Waals surface area contributed by atoms with Gasteiger partial charge in [-0.1, -0.05) is 133 Å². The van der Waals surface area contributed by atoms with Gasteiger partial charge in [-0.3, -0.25) is 0 Å². The van der Waals surface area contributed by atoms with Crippen molar-refractivity contribution < 1.29 is 8.83 Å². The van der Waals surface area contributed by atoms with Gasteiger partial charge in [-0.05, 0) is 47.0 Å². The summed E-state index contributed by atoms with van der Waals surface area (Å²) in [5.74, 6) is 1.77. The Morgan fingerprint density at radius 2 is 0.900 bits per heavy atom. The van der Waals surface area contributed by atoms with E-state index in [4.69, 9.17) is 23.8 Å². The molecule has 0 atom stereocenters. The Balaban J connectivity index is 1.23. The minimum atomic E-state index is 0.561. The van der Waals surface area contributed by atoms with Crippen molar-refractivity contribution in [2.24, 2.45) is 0 Å². The molecule has 0 saturated heterocycles. The average Bonchev–Trinajstić information content (AvgIpc) is 3.76. The van der Waals surface area contributed by atoms with Gasteiger partial charge in [-0.15, -0.1) is 0 Å². The SMILES string of the molecule is c1ccc(-c2ccc3c(c2)oc2c(-c4cc(-c5nc(-c6ccccc6)nc(-c6ccccc6)n5)cc5oc6ccccc6c45)cccc23)cc1. The van der Waals surface area contributed by atoms with Crippen LogP contribution in [0, 0.1) is 0 Å². The van der Waals surface area contributed by atoms with Crippen molar-refractivity contribution in [3.63, 3.8) is 0 Å². The Kier molecular flexibility index (Phi) is 6.42. The van der Waals surface area contributed by atoms with Crippen LogP contribution >= 0.6 is 0 Å². The lowest BCUT2D eigenvalue weighted by Crippen LogP contribution is -2.00. The monoisotopic (exact) mass is 641 g/mol. The van der Waals surface area contributed by atoms with Crippen molar-refractivity contribution in [3.8, 4) is 56.4 Å². The van der Waals surface area contributed by atoms with E-state index in [2.05, 4.69) is 72.8 Å². The van der Waals surface area contributed by atoms with E-state index in [9.17, 15) is 0 Å². The van der Waals surface area contributed by atoms with Crippen LogP contribution in [0.25, 0.3) is 100 Å². The summed E-state index contributed by atoms with van der Waals surface area (Å²) in [5, 5.41) is 4.18. The van der Waals surface area contributed by atoms with Crippen molar-refractivity contribution in [1.82, 2.24) is 15.0 Å². The summed E-state index contributed by atoms with van der Waals surface area (Å²) in [4.78, 5) is 15.0. The zero-order valence-corrected chi connectivity index (χ0v) is 26.7. The molecule has 0 aliphatic carbocycles. The van der Waals surface area contributed by atoms with E-state index >= 15 is 0 Å². The Morgan fingerprint density at radius 1 is 0.320 bits per heavy atom. The third kappa shape index (κ3) is 4.67. The molecule has 0 aliphatic rings. The number of benzene rings is 7. The van der Waals surface area contributed by atoms with Crippen LogP contribution in [-0.4, -0.2) is 15.0 Å². The zero-order chi connectivity index (χ0) is 33.0. The highest BCUT2D eigenvalue weighted by Gasteiger charge is 2.21. The fourth-order valence-electron chi connectivity index (χ4n) is 6.95. The molecule has 3 aromatic heterocycles. The lowest BCUT2D eigenvalue weighted by Gasteiger charge is -2.11. The highest BCUT2D eigenvalue weighted by molar-refractivity contribution is 6.18. The van der Waals surface area contributed by atoms with Crippen molar-refractivity contribution in [1.29, 1.82) is 0 Å². The maximum atomic E-state index is 6.77. The molecule has 3 heterocycles. The maximum absolute atomic E-state index is 6.77. The first-order chi connectivity index (χ1) is 24.8. The number of fused-ring (bicyclic) bond motifs is 6. The maximum Gasteiger partial charge on any atom is 0.164 e. The van der Waals surface area contributed by atoms with Gasteiger partial charge in [-0.25, -0.2) is 15.0 Å². The molecule has 0 amide bonds. The van der Waals surface area contributed by atoms with Crippen LogP contribution in [0.15, 0.2) is 173 Å². The number of rotatable bonds is 5. The Morgan fingerprint density at radius 3 is 1.60 bits per heavy atom. The standard InChI is InChI=1S/C45H27N3O2/c1-4-13-28(14-5-1)31-23-24-33-34-20-12-21-35(42(34)50-39(33)26-31)37-25-32(27-40-41(37)36-19-10-11-22-38(36)49-40)45-47-43(29-15-6-2-7-16-29)46-44(48-45)30-17-8-3-9-18-30/h1-27H. The topological polar surface area (TPSA) is 65.0 Å². The van der Waals surface area contributed by atoms with Crippen molar-refractivity contribution in [3.05, 3.63) is 164 Å². The molecule has 0 aliphatic heterocycles. The molecule has 5 nitrogen and oxygen atoms in total. The normalized spacial score (nSPS) is 11.6. The highest BCUT2D eigenvalue weighted by Crippen LogP contribution is 2.44. The smallest absolute Gasteiger partial charge is 0.164 e. The summed E-state index contributed by atoms with van der Waals surface area (Å²) in [5.41, 5.74) is 10.1. The van der Waals surface area contributed by atoms with Gasteiger partial charge in [0.05, 0.1) is 0 Å². The third-order valence-electron chi connectivity index (χ3n) is 9.33. The van der Waals surface area contributed by atoms with E-state index in [0.29, 0.717) is 17.5 Å². The van der Waals surface area contributed by atoms with Crippen molar-refractivity contribution >= 4 is 43.9 Å². The summed E-state index contributed by atoms with van der Waals surface area (Å²) < 4.78 is 13.3. The van der Waals surface area contributed by atoms with Crippen LogP contribution in [-0.2, 0) is 0 Å². The lowest BCUT2D eigenvalue weighted by atomic mass is 9.95. The van der Waals surface area contributed by atoms with E-state index in [1.807, 2.05) is 91.0 Å². The van der Waals surface area contributed by atoms with E-state index < -0.39 is 0 Å². The Hall–Kier alpha value is -6.85. The van der Waals surface area contributed by atoms with Crippen molar-refractivity contribution in [2.45, 2.75) is 0 Å². The van der Waals surface area contributed by atoms with Gasteiger partial charge in [0.1, 0.15) is 22.3 Å². The van der Waals surface area contributed by atoms with Gasteiger partial charge in [0.25, 0.3) is 0 Å². The molecule has 5 heteroatoms. The molecule has 7 aromatic carbocycles. The predicted molar refractivity (Wildman–Crippen MR) is 202 cm³/mol. The van der Waals surface area contributed by atoms with Crippen LogP contribution < -0.4 is 0 Å². The van der Waals surface area contributed by atoms with Gasteiger partial charge < -0.3 is 8.83 Å². The number of aromatic nitrogens is 3.